The van der Waals surface area contributed by atoms with Crippen molar-refractivity contribution in [1.82, 2.24) is 24.9 Å². The maximum atomic E-state index is 12.1. The zero-order valence-electron chi connectivity index (χ0n) is 14.1. The average molecular weight is 353 g/mol. The minimum atomic E-state index is -0.531. The molecule has 134 valence electrons. The molecule has 8 heteroatoms. The molecular weight excluding hydrogens is 334 g/mol. The molecule has 8 nitrogen and oxygen atoms in total. The highest BCUT2D eigenvalue weighted by Crippen LogP contribution is 2.25. The number of likely N-dealkylation sites (tertiary alicyclic amines) is 1. The van der Waals surface area contributed by atoms with Crippen LogP contribution in [0.2, 0.25) is 0 Å². The summed E-state index contributed by atoms with van der Waals surface area (Å²) in [6.45, 7) is 2.98. The summed E-state index contributed by atoms with van der Waals surface area (Å²) in [7, 11) is 0. The second-order valence-corrected chi connectivity index (χ2v) is 7.15. The van der Waals surface area contributed by atoms with Crippen LogP contribution in [0.15, 0.2) is 44.6 Å². The summed E-state index contributed by atoms with van der Waals surface area (Å²) < 4.78 is 6.65. The molecule has 2 bridgehead atoms. The van der Waals surface area contributed by atoms with Crippen LogP contribution in [0.25, 0.3) is 16.8 Å². The third-order valence-electron chi connectivity index (χ3n) is 5.27. The molecule has 2 aromatic heterocycles. The lowest BCUT2D eigenvalue weighted by atomic mass is 10.1. The van der Waals surface area contributed by atoms with Crippen LogP contribution in [0.5, 0.6) is 0 Å². The van der Waals surface area contributed by atoms with Gasteiger partial charge in [-0.1, -0.05) is 11.2 Å². The fourth-order valence-corrected chi connectivity index (χ4v) is 4.10. The molecule has 3 aromatic rings. The Morgan fingerprint density at radius 1 is 1.15 bits per heavy atom. The van der Waals surface area contributed by atoms with Crippen LogP contribution in [0.1, 0.15) is 18.4 Å². The number of nitrogens with one attached hydrogen (secondary N) is 2. The van der Waals surface area contributed by atoms with Gasteiger partial charge in [0, 0.05) is 44.0 Å². The van der Waals surface area contributed by atoms with Gasteiger partial charge >= 0.3 is 5.69 Å². The van der Waals surface area contributed by atoms with Crippen molar-refractivity contribution in [2.45, 2.75) is 31.5 Å². The van der Waals surface area contributed by atoms with E-state index in [0.29, 0.717) is 23.5 Å². The number of aromatic amines is 1. The molecular formula is C18H19N5O3. The average Bonchev–Trinajstić information content (AvgIpc) is 3.18. The van der Waals surface area contributed by atoms with Crippen molar-refractivity contribution in [2.24, 2.45) is 0 Å². The lowest BCUT2D eigenvalue weighted by Crippen LogP contribution is -2.50. The third kappa shape index (κ3) is 2.67. The molecule has 0 amide bonds. The summed E-state index contributed by atoms with van der Waals surface area (Å²) >= 11 is 0. The van der Waals surface area contributed by atoms with E-state index >= 15 is 0 Å². The first-order valence-corrected chi connectivity index (χ1v) is 8.85. The summed E-state index contributed by atoms with van der Waals surface area (Å²) in [5, 5.41) is 8.42. The number of rotatable bonds is 3. The van der Waals surface area contributed by atoms with Gasteiger partial charge in [0.1, 0.15) is 0 Å². The van der Waals surface area contributed by atoms with Gasteiger partial charge in [0.25, 0.3) is 5.56 Å². The third-order valence-corrected chi connectivity index (χ3v) is 5.27. The summed E-state index contributed by atoms with van der Waals surface area (Å²) in [5.74, 6) is 0.392. The smallest absolute Gasteiger partial charge is 0.334 e. The predicted octanol–water partition coefficient (Wildman–Crippen LogP) is 0.603. The van der Waals surface area contributed by atoms with Crippen molar-refractivity contribution in [1.29, 1.82) is 0 Å². The Balaban J connectivity index is 1.49. The van der Waals surface area contributed by atoms with E-state index in [0.717, 1.165) is 30.6 Å². The van der Waals surface area contributed by atoms with E-state index in [1.54, 1.807) is 0 Å². The normalized spacial score (nSPS) is 22.9. The van der Waals surface area contributed by atoms with Crippen LogP contribution < -0.4 is 16.6 Å². The number of H-pyrrole nitrogens is 1. The zero-order valence-corrected chi connectivity index (χ0v) is 14.1. The second-order valence-electron chi connectivity index (χ2n) is 7.15. The monoisotopic (exact) mass is 353 g/mol. The van der Waals surface area contributed by atoms with Crippen molar-refractivity contribution >= 4 is 11.0 Å². The first-order valence-electron chi connectivity index (χ1n) is 8.85. The van der Waals surface area contributed by atoms with Crippen LogP contribution in [-0.2, 0) is 6.54 Å². The predicted molar refractivity (Wildman–Crippen MR) is 95.4 cm³/mol. The SMILES string of the molecule is O=c1ccn(-c2noc3ccc(CN4C[C@H]5CC[C@@H](C4)N5)cc23)c(=O)[nH]1. The number of hydrogen-bond donors (Lipinski definition) is 2. The van der Waals surface area contributed by atoms with E-state index in [1.165, 1.54) is 29.7 Å². The van der Waals surface area contributed by atoms with E-state index in [-0.39, 0.29) is 0 Å². The van der Waals surface area contributed by atoms with Gasteiger partial charge in [-0.2, -0.15) is 0 Å². The second kappa shape index (κ2) is 5.93. The summed E-state index contributed by atoms with van der Waals surface area (Å²) in [6, 6.07) is 8.43. The molecule has 0 unspecified atom stereocenters. The quantitative estimate of drug-likeness (QED) is 0.716. The first-order chi connectivity index (χ1) is 12.7. The van der Waals surface area contributed by atoms with E-state index in [2.05, 4.69) is 20.4 Å². The molecule has 4 heterocycles. The molecule has 0 aliphatic carbocycles. The topological polar surface area (TPSA) is 96.2 Å². The summed E-state index contributed by atoms with van der Waals surface area (Å²) in [6.07, 6.45) is 3.93. The van der Waals surface area contributed by atoms with Crippen LogP contribution in [0, 0.1) is 0 Å². The maximum Gasteiger partial charge on any atom is 0.334 e. The molecule has 5 rings (SSSR count). The van der Waals surface area contributed by atoms with Gasteiger partial charge in [0.15, 0.2) is 11.4 Å². The van der Waals surface area contributed by atoms with Gasteiger partial charge in [-0.15, -0.1) is 0 Å². The van der Waals surface area contributed by atoms with Crippen LogP contribution in [-0.4, -0.2) is 44.8 Å². The number of hydrogen-bond acceptors (Lipinski definition) is 6. The summed E-state index contributed by atoms with van der Waals surface area (Å²) in [5.41, 5.74) is 0.799. The highest BCUT2D eigenvalue weighted by Gasteiger charge is 2.31. The van der Waals surface area contributed by atoms with Gasteiger partial charge in [0.2, 0.25) is 0 Å². The van der Waals surface area contributed by atoms with E-state index < -0.39 is 11.2 Å². The minimum absolute atomic E-state index is 0.392. The van der Waals surface area contributed by atoms with Crippen molar-refractivity contribution in [2.75, 3.05) is 13.1 Å². The minimum Gasteiger partial charge on any atom is -0.354 e. The van der Waals surface area contributed by atoms with Crippen molar-refractivity contribution in [3.8, 4) is 5.82 Å². The van der Waals surface area contributed by atoms with E-state index in [1.807, 2.05) is 18.2 Å². The Kier molecular flexibility index (Phi) is 3.54. The molecule has 2 aliphatic rings. The Bertz CT molecular complexity index is 1070. The number of benzene rings is 1. The standard InChI is InChI=1S/C18H19N5O3/c24-16-5-6-23(18(25)20-16)17-14-7-11(1-4-15(14)26-21-17)8-22-9-12-2-3-13(10-22)19-12/h1,4-7,12-13,19H,2-3,8-10H2,(H,20,24,25)/t12-,13+. The van der Waals surface area contributed by atoms with Crippen LogP contribution >= 0.6 is 0 Å². The highest BCUT2D eigenvalue weighted by atomic mass is 16.5. The molecule has 2 aliphatic heterocycles. The molecule has 0 spiro atoms. The van der Waals surface area contributed by atoms with Crippen molar-refractivity contribution in [3.63, 3.8) is 0 Å². The summed E-state index contributed by atoms with van der Waals surface area (Å²) in [4.78, 5) is 28.1. The van der Waals surface area contributed by atoms with Gasteiger partial charge in [-0.05, 0) is 30.5 Å². The van der Waals surface area contributed by atoms with Crippen molar-refractivity contribution in [3.05, 3.63) is 56.9 Å². The fourth-order valence-electron chi connectivity index (χ4n) is 4.10. The van der Waals surface area contributed by atoms with Crippen LogP contribution in [0.4, 0.5) is 0 Å². The molecule has 2 fully saturated rings. The Hall–Kier alpha value is -2.71. The highest BCUT2D eigenvalue weighted by molar-refractivity contribution is 5.84. The zero-order chi connectivity index (χ0) is 17.7. The Morgan fingerprint density at radius 3 is 2.73 bits per heavy atom. The molecule has 2 N–H and O–H groups in total. The molecule has 1 aromatic carbocycles. The first kappa shape index (κ1) is 15.5. The fraction of sp³-hybridized carbons (Fsp3) is 0.389. The van der Waals surface area contributed by atoms with Gasteiger partial charge < -0.3 is 9.84 Å². The Labute approximate surface area is 148 Å². The molecule has 2 saturated heterocycles. The maximum absolute atomic E-state index is 12.1. The van der Waals surface area contributed by atoms with Gasteiger partial charge in [-0.25, -0.2) is 9.36 Å². The molecule has 0 radical (unpaired) electrons. The molecule has 2 atom stereocenters. The molecule has 26 heavy (non-hydrogen) atoms. The number of nitrogens with zero attached hydrogens (tertiary/aromatic N) is 3. The number of piperazine rings is 1. The van der Waals surface area contributed by atoms with Gasteiger partial charge in [-0.3, -0.25) is 14.7 Å². The van der Waals surface area contributed by atoms with Crippen LogP contribution in [0.3, 0.4) is 0 Å². The lowest BCUT2D eigenvalue weighted by Gasteiger charge is -2.32. The Morgan fingerprint density at radius 2 is 1.96 bits per heavy atom. The lowest BCUT2D eigenvalue weighted by molar-refractivity contribution is 0.189. The van der Waals surface area contributed by atoms with Gasteiger partial charge in [0.05, 0.1) is 5.39 Å². The number of aromatic nitrogens is 3. The van der Waals surface area contributed by atoms with E-state index in [9.17, 15) is 9.59 Å². The van der Waals surface area contributed by atoms with E-state index in [4.69, 9.17) is 4.52 Å². The molecule has 0 saturated carbocycles. The largest absolute Gasteiger partial charge is 0.354 e. The van der Waals surface area contributed by atoms with Crippen molar-refractivity contribution < 1.29 is 4.52 Å². The number of fused-ring (bicyclic) bond motifs is 3.